The van der Waals surface area contributed by atoms with Gasteiger partial charge >= 0.3 is 0 Å². The zero-order chi connectivity index (χ0) is 16.2. The van der Waals surface area contributed by atoms with Crippen molar-refractivity contribution in [2.75, 3.05) is 20.1 Å². The Hall–Kier alpha value is -0.610. The molecule has 0 radical (unpaired) electrons. The van der Waals surface area contributed by atoms with Crippen LogP contribution in [0.5, 0.6) is 0 Å². The number of hydrogen-bond acceptors (Lipinski definition) is 3. The highest BCUT2D eigenvalue weighted by atomic mass is 16.2. The number of nitrogens with zero attached hydrogens (tertiary/aromatic N) is 2. The molecule has 0 bridgehead atoms. The molecule has 2 unspecified atom stereocenters. The second kappa shape index (κ2) is 8.14. The van der Waals surface area contributed by atoms with Gasteiger partial charge in [-0.1, -0.05) is 27.7 Å². The number of carbonyl (C=O) groups is 1. The molecule has 0 aliphatic carbocycles. The molecule has 1 aliphatic heterocycles. The first-order valence-electron chi connectivity index (χ1n) is 8.50. The molecule has 21 heavy (non-hydrogen) atoms. The molecule has 1 saturated heterocycles. The molecular weight excluding hydrogens is 262 g/mol. The first-order valence-corrected chi connectivity index (χ1v) is 8.50. The average Bonchev–Trinajstić information content (AvgIpc) is 2.66. The third-order valence-corrected chi connectivity index (χ3v) is 4.45. The van der Waals surface area contributed by atoms with Crippen LogP contribution in [-0.2, 0) is 4.79 Å². The Labute approximate surface area is 131 Å². The van der Waals surface area contributed by atoms with Gasteiger partial charge in [0.25, 0.3) is 0 Å². The smallest absolute Gasteiger partial charge is 0.241 e. The van der Waals surface area contributed by atoms with Crippen LogP contribution in [0.15, 0.2) is 0 Å². The van der Waals surface area contributed by atoms with Gasteiger partial charge in [0, 0.05) is 12.6 Å². The van der Waals surface area contributed by atoms with Gasteiger partial charge in [0.15, 0.2) is 0 Å². The molecule has 0 spiro atoms. The fourth-order valence-electron chi connectivity index (χ4n) is 2.83. The van der Waals surface area contributed by atoms with E-state index in [9.17, 15) is 4.79 Å². The predicted octanol–water partition coefficient (Wildman–Crippen LogP) is 2.55. The largest absolute Gasteiger partial charge is 0.326 e. The van der Waals surface area contributed by atoms with Gasteiger partial charge in [-0.2, -0.15) is 0 Å². The van der Waals surface area contributed by atoms with E-state index in [-0.39, 0.29) is 12.2 Å². The van der Waals surface area contributed by atoms with Crippen molar-refractivity contribution in [2.45, 2.75) is 72.6 Å². The molecule has 0 saturated carbocycles. The maximum absolute atomic E-state index is 12.6. The molecule has 2 atom stereocenters. The van der Waals surface area contributed by atoms with Crippen LogP contribution in [0, 0.1) is 11.8 Å². The van der Waals surface area contributed by atoms with E-state index in [0.717, 1.165) is 25.9 Å². The Bertz CT molecular complexity index is 328. The van der Waals surface area contributed by atoms with Crippen LogP contribution in [-0.4, -0.2) is 54.1 Å². The van der Waals surface area contributed by atoms with Crippen molar-refractivity contribution in [3.05, 3.63) is 0 Å². The summed E-state index contributed by atoms with van der Waals surface area (Å²) in [5.74, 6) is 1.25. The number of nitrogens with one attached hydrogen (secondary N) is 1. The van der Waals surface area contributed by atoms with Gasteiger partial charge in [-0.25, -0.2) is 0 Å². The average molecular weight is 297 g/mol. The highest BCUT2D eigenvalue weighted by molar-refractivity contribution is 5.84. The van der Waals surface area contributed by atoms with Crippen molar-refractivity contribution in [3.63, 3.8) is 0 Å². The molecule has 4 nitrogen and oxygen atoms in total. The molecule has 4 heteroatoms. The zero-order valence-electron chi connectivity index (χ0n) is 15.0. The van der Waals surface area contributed by atoms with E-state index >= 15 is 0 Å². The lowest BCUT2D eigenvalue weighted by Crippen LogP contribution is -2.40. The van der Waals surface area contributed by atoms with E-state index in [0.29, 0.717) is 23.8 Å². The molecule has 1 amide bonds. The van der Waals surface area contributed by atoms with E-state index in [1.165, 1.54) is 0 Å². The van der Waals surface area contributed by atoms with Crippen LogP contribution in [0.3, 0.4) is 0 Å². The fourth-order valence-corrected chi connectivity index (χ4v) is 2.83. The summed E-state index contributed by atoms with van der Waals surface area (Å²) < 4.78 is 0. The third kappa shape index (κ3) is 5.26. The van der Waals surface area contributed by atoms with Crippen LogP contribution in [0.1, 0.15) is 54.4 Å². The van der Waals surface area contributed by atoms with Gasteiger partial charge in [-0.05, 0) is 52.1 Å². The summed E-state index contributed by atoms with van der Waals surface area (Å²) in [6, 6.07) is 0.559. The summed E-state index contributed by atoms with van der Waals surface area (Å²) in [5.41, 5.74) is 0. The molecule has 0 aromatic rings. The highest BCUT2D eigenvalue weighted by Gasteiger charge is 2.39. The second-order valence-corrected chi connectivity index (χ2v) is 7.49. The summed E-state index contributed by atoms with van der Waals surface area (Å²) in [6.45, 7) is 15.0. The molecular formula is C17H35N3O. The Morgan fingerprint density at radius 1 is 1.19 bits per heavy atom. The molecule has 124 valence electrons. The van der Waals surface area contributed by atoms with Crippen LogP contribution in [0.4, 0.5) is 0 Å². The van der Waals surface area contributed by atoms with Crippen molar-refractivity contribution < 1.29 is 4.79 Å². The van der Waals surface area contributed by atoms with Crippen LogP contribution < -0.4 is 5.32 Å². The van der Waals surface area contributed by atoms with E-state index in [1.54, 1.807) is 0 Å². The highest BCUT2D eigenvalue weighted by Crippen LogP contribution is 2.21. The lowest BCUT2D eigenvalue weighted by Gasteiger charge is -2.27. The fraction of sp³-hybridized carbons (Fsp3) is 0.941. The molecule has 1 heterocycles. The van der Waals surface area contributed by atoms with Gasteiger partial charge < -0.3 is 9.80 Å². The SMILES string of the molecule is CC(C)CC1NC(C(C)C)C(=O)N1CCCN(C)C(C)C. The van der Waals surface area contributed by atoms with E-state index < -0.39 is 0 Å². The van der Waals surface area contributed by atoms with Gasteiger partial charge in [-0.3, -0.25) is 10.1 Å². The van der Waals surface area contributed by atoms with Gasteiger partial charge in [-0.15, -0.1) is 0 Å². The molecule has 1 N–H and O–H groups in total. The third-order valence-electron chi connectivity index (χ3n) is 4.45. The summed E-state index contributed by atoms with van der Waals surface area (Å²) in [6.07, 6.45) is 2.30. The van der Waals surface area contributed by atoms with Crippen molar-refractivity contribution in [2.24, 2.45) is 11.8 Å². The first-order chi connectivity index (χ1) is 9.73. The summed E-state index contributed by atoms with van der Waals surface area (Å²) in [7, 11) is 2.15. The maximum Gasteiger partial charge on any atom is 0.241 e. The van der Waals surface area contributed by atoms with Gasteiger partial charge in [0.2, 0.25) is 5.91 Å². The number of hydrogen-bond donors (Lipinski definition) is 1. The molecule has 0 aromatic heterocycles. The van der Waals surface area contributed by atoms with Crippen LogP contribution >= 0.6 is 0 Å². The minimum absolute atomic E-state index is 0.00317. The summed E-state index contributed by atoms with van der Waals surface area (Å²) >= 11 is 0. The molecule has 0 aromatic carbocycles. The normalized spacial score (nSPS) is 23.4. The van der Waals surface area contributed by atoms with Crippen molar-refractivity contribution >= 4 is 5.91 Å². The number of rotatable bonds is 8. The predicted molar refractivity (Wildman–Crippen MR) is 89.1 cm³/mol. The lowest BCUT2D eigenvalue weighted by molar-refractivity contribution is -0.131. The first kappa shape index (κ1) is 18.4. The molecule has 1 rings (SSSR count). The van der Waals surface area contributed by atoms with E-state index in [1.807, 2.05) is 0 Å². The van der Waals surface area contributed by atoms with Crippen molar-refractivity contribution in [1.29, 1.82) is 0 Å². The zero-order valence-corrected chi connectivity index (χ0v) is 15.0. The quantitative estimate of drug-likeness (QED) is 0.748. The summed E-state index contributed by atoms with van der Waals surface area (Å²) in [5, 5.41) is 3.55. The van der Waals surface area contributed by atoms with Gasteiger partial charge in [0.05, 0.1) is 12.2 Å². The Morgan fingerprint density at radius 2 is 1.81 bits per heavy atom. The van der Waals surface area contributed by atoms with E-state index in [4.69, 9.17) is 0 Å². The minimum Gasteiger partial charge on any atom is -0.326 e. The van der Waals surface area contributed by atoms with Crippen molar-refractivity contribution in [3.8, 4) is 0 Å². The Morgan fingerprint density at radius 3 is 2.29 bits per heavy atom. The Kier molecular flexibility index (Phi) is 7.14. The number of amides is 1. The minimum atomic E-state index is -0.00317. The van der Waals surface area contributed by atoms with Crippen molar-refractivity contribution in [1.82, 2.24) is 15.1 Å². The second-order valence-electron chi connectivity index (χ2n) is 7.49. The topological polar surface area (TPSA) is 35.6 Å². The monoisotopic (exact) mass is 297 g/mol. The van der Waals surface area contributed by atoms with Gasteiger partial charge in [0.1, 0.15) is 0 Å². The molecule has 1 fully saturated rings. The van der Waals surface area contributed by atoms with Crippen LogP contribution in [0.25, 0.3) is 0 Å². The standard InChI is InChI=1S/C17H35N3O/c1-12(2)11-15-18-16(13(3)4)17(21)20(15)10-8-9-19(7)14(5)6/h12-16,18H,8-11H2,1-7H3. The Balaban J connectivity index is 2.59. The molecule has 1 aliphatic rings. The van der Waals surface area contributed by atoms with E-state index in [2.05, 4.69) is 63.7 Å². The number of carbonyl (C=O) groups excluding carboxylic acids is 1. The lowest BCUT2D eigenvalue weighted by atomic mass is 10.0. The maximum atomic E-state index is 12.6. The summed E-state index contributed by atoms with van der Waals surface area (Å²) in [4.78, 5) is 17.0. The van der Waals surface area contributed by atoms with Crippen LogP contribution in [0.2, 0.25) is 0 Å².